The minimum Gasteiger partial charge on any atom is -0.330 e. The molecule has 4 heteroatoms. The van der Waals surface area contributed by atoms with E-state index >= 15 is 0 Å². The van der Waals surface area contributed by atoms with Gasteiger partial charge in [0.1, 0.15) is 5.82 Å². The van der Waals surface area contributed by atoms with Crippen LogP contribution in [0, 0.1) is 0 Å². The molecule has 0 spiro atoms. The first kappa shape index (κ1) is 10.2. The lowest BCUT2D eigenvalue weighted by Gasteiger charge is -2.07. The SMILES string of the molecule is NCCc1cccn1-c1ccc(Cl)cn1. The highest BCUT2D eigenvalue weighted by Gasteiger charge is 2.02. The minimum atomic E-state index is 0.637. The van der Waals surface area contributed by atoms with Gasteiger partial charge >= 0.3 is 0 Å². The Morgan fingerprint density at radius 1 is 1.33 bits per heavy atom. The van der Waals surface area contributed by atoms with Crippen molar-refractivity contribution in [3.05, 3.63) is 47.4 Å². The number of hydrogen-bond acceptors (Lipinski definition) is 2. The molecule has 78 valence electrons. The van der Waals surface area contributed by atoms with Crippen LogP contribution in [0.15, 0.2) is 36.7 Å². The Bertz CT molecular complexity index is 433. The van der Waals surface area contributed by atoms with Crippen molar-refractivity contribution in [2.45, 2.75) is 6.42 Å². The summed E-state index contributed by atoms with van der Waals surface area (Å²) in [5, 5.41) is 0.645. The monoisotopic (exact) mass is 221 g/mol. The first-order chi connectivity index (χ1) is 7.31. The second kappa shape index (κ2) is 4.47. The first-order valence-corrected chi connectivity index (χ1v) is 5.17. The fourth-order valence-electron chi connectivity index (χ4n) is 1.50. The van der Waals surface area contributed by atoms with E-state index in [0.717, 1.165) is 17.9 Å². The van der Waals surface area contributed by atoms with Crippen molar-refractivity contribution in [3.63, 3.8) is 0 Å². The Hall–Kier alpha value is -1.32. The molecule has 2 aromatic rings. The predicted octanol–water partition coefficient (Wildman–Crippen LogP) is 2.03. The van der Waals surface area contributed by atoms with E-state index in [9.17, 15) is 0 Å². The van der Waals surface area contributed by atoms with Crippen LogP contribution in [-0.2, 0) is 6.42 Å². The summed E-state index contributed by atoms with van der Waals surface area (Å²) in [7, 11) is 0. The zero-order valence-electron chi connectivity index (χ0n) is 8.23. The number of nitrogens with zero attached hydrogens (tertiary/aromatic N) is 2. The van der Waals surface area contributed by atoms with E-state index in [0.29, 0.717) is 11.6 Å². The van der Waals surface area contributed by atoms with Gasteiger partial charge in [0, 0.05) is 24.5 Å². The van der Waals surface area contributed by atoms with E-state index in [1.807, 2.05) is 35.0 Å². The summed E-state index contributed by atoms with van der Waals surface area (Å²) >= 11 is 5.78. The largest absolute Gasteiger partial charge is 0.330 e. The van der Waals surface area contributed by atoms with Gasteiger partial charge in [0.15, 0.2) is 0 Å². The van der Waals surface area contributed by atoms with Gasteiger partial charge in [-0.3, -0.25) is 0 Å². The molecule has 2 heterocycles. The molecule has 2 rings (SSSR count). The van der Waals surface area contributed by atoms with Crippen LogP contribution in [0.4, 0.5) is 0 Å². The molecule has 2 aromatic heterocycles. The van der Waals surface area contributed by atoms with E-state index in [4.69, 9.17) is 17.3 Å². The second-order valence-corrected chi connectivity index (χ2v) is 3.68. The number of pyridine rings is 1. The van der Waals surface area contributed by atoms with Crippen LogP contribution in [0.1, 0.15) is 5.69 Å². The highest BCUT2D eigenvalue weighted by Crippen LogP contribution is 2.13. The molecule has 0 unspecified atom stereocenters. The number of rotatable bonds is 3. The van der Waals surface area contributed by atoms with Crippen molar-refractivity contribution in [1.82, 2.24) is 9.55 Å². The van der Waals surface area contributed by atoms with Crippen LogP contribution in [-0.4, -0.2) is 16.1 Å². The first-order valence-electron chi connectivity index (χ1n) is 4.79. The number of hydrogen-bond donors (Lipinski definition) is 1. The van der Waals surface area contributed by atoms with Crippen molar-refractivity contribution in [2.75, 3.05) is 6.54 Å². The van der Waals surface area contributed by atoms with Gasteiger partial charge < -0.3 is 10.3 Å². The Morgan fingerprint density at radius 2 is 2.20 bits per heavy atom. The molecular weight excluding hydrogens is 210 g/mol. The van der Waals surface area contributed by atoms with E-state index in [1.54, 1.807) is 6.20 Å². The Kier molecular flexibility index (Phi) is 3.04. The summed E-state index contributed by atoms with van der Waals surface area (Å²) in [5.74, 6) is 0.868. The lowest BCUT2D eigenvalue weighted by atomic mass is 10.3. The molecule has 0 aliphatic rings. The van der Waals surface area contributed by atoms with Gasteiger partial charge in [-0.1, -0.05) is 11.6 Å². The molecular formula is C11H12ClN3. The number of aromatic nitrogens is 2. The smallest absolute Gasteiger partial charge is 0.136 e. The molecule has 15 heavy (non-hydrogen) atoms. The summed E-state index contributed by atoms with van der Waals surface area (Å²) in [5.41, 5.74) is 6.70. The molecule has 0 atom stereocenters. The van der Waals surface area contributed by atoms with Gasteiger partial charge in [-0.05, 0) is 30.8 Å². The van der Waals surface area contributed by atoms with Crippen LogP contribution in [0.3, 0.4) is 0 Å². The Morgan fingerprint density at radius 3 is 2.87 bits per heavy atom. The molecule has 0 aromatic carbocycles. The summed E-state index contributed by atoms with van der Waals surface area (Å²) in [6, 6.07) is 7.75. The topological polar surface area (TPSA) is 43.8 Å². The van der Waals surface area contributed by atoms with Crippen LogP contribution in [0.25, 0.3) is 5.82 Å². The summed E-state index contributed by atoms with van der Waals surface area (Å²) < 4.78 is 2.02. The molecule has 0 bridgehead atoms. The summed E-state index contributed by atoms with van der Waals surface area (Å²) in [4.78, 5) is 4.25. The third-order valence-corrected chi connectivity index (χ3v) is 2.42. The average Bonchev–Trinajstić information content (AvgIpc) is 2.68. The Labute approximate surface area is 93.5 Å². The number of halogens is 1. The molecule has 0 radical (unpaired) electrons. The van der Waals surface area contributed by atoms with Crippen molar-refractivity contribution in [2.24, 2.45) is 5.73 Å². The van der Waals surface area contributed by atoms with Crippen molar-refractivity contribution < 1.29 is 0 Å². The average molecular weight is 222 g/mol. The van der Waals surface area contributed by atoms with Gasteiger partial charge in [0.25, 0.3) is 0 Å². The molecule has 0 amide bonds. The summed E-state index contributed by atoms with van der Waals surface area (Å²) in [6.07, 6.45) is 4.46. The van der Waals surface area contributed by atoms with Crippen molar-refractivity contribution in [1.29, 1.82) is 0 Å². The standard InChI is InChI=1S/C11H12ClN3/c12-9-3-4-11(14-8-9)15-7-1-2-10(15)5-6-13/h1-4,7-8H,5-6,13H2. The normalized spacial score (nSPS) is 10.5. The van der Waals surface area contributed by atoms with Crippen LogP contribution >= 0.6 is 11.6 Å². The fraction of sp³-hybridized carbons (Fsp3) is 0.182. The van der Waals surface area contributed by atoms with Gasteiger partial charge in [-0.15, -0.1) is 0 Å². The van der Waals surface area contributed by atoms with Gasteiger partial charge in [0.05, 0.1) is 5.02 Å². The minimum absolute atomic E-state index is 0.637. The van der Waals surface area contributed by atoms with E-state index in [2.05, 4.69) is 4.98 Å². The van der Waals surface area contributed by atoms with Crippen LogP contribution in [0.5, 0.6) is 0 Å². The Balaban J connectivity index is 2.36. The lowest BCUT2D eigenvalue weighted by Crippen LogP contribution is -2.08. The molecule has 0 saturated carbocycles. The van der Waals surface area contributed by atoms with Gasteiger partial charge in [0.2, 0.25) is 0 Å². The highest BCUT2D eigenvalue weighted by atomic mass is 35.5. The maximum atomic E-state index is 5.78. The molecule has 0 fully saturated rings. The fourth-order valence-corrected chi connectivity index (χ4v) is 1.61. The van der Waals surface area contributed by atoms with Crippen LogP contribution < -0.4 is 5.73 Å². The number of nitrogens with two attached hydrogens (primary N) is 1. The van der Waals surface area contributed by atoms with Crippen LogP contribution in [0.2, 0.25) is 5.02 Å². The van der Waals surface area contributed by atoms with E-state index in [1.165, 1.54) is 0 Å². The summed E-state index contributed by atoms with van der Waals surface area (Å²) in [6.45, 7) is 0.637. The van der Waals surface area contributed by atoms with Crippen molar-refractivity contribution >= 4 is 11.6 Å². The van der Waals surface area contributed by atoms with E-state index < -0.39 is 0 Å². The third-order valence-electron chi connectivity index (χ3n) is 2.19. The molecule has 0 aliphatic heterocycles. The zero-order valence-corrected chi connectivity index (χ0v) is 8.98. The van der Waals surface area contributed by atoms with Crippen molar-refractivity contribution in [3.8, 4) is 5.82 Å². The highest BCUT2D eigenvalue weighted by molar-refractivity contribution is 6.30. The third kappa shape index (κ3) is 2.19. The van der Waals surface area contributed by atoms with Gasteiger partial charge in [-0.2, -0.15) is 0 Å². The quantitative estimate of drug-likeness (QED) is 0.862. The zero-order chi connectivity index (χ0) is 10.7. The maximum Gasteiger partial charge on any atom is 0.136 e. The maximum absolute atomic E-state index is 5.78. The molecule has 2 N–H and O–H groups in total. The van der Waals surface area contributed by atoms with E-state index in [-0.39, 0.29) is 0 Å². The predicted molar refractivity (Wildman–Crippen MR) is 61.3 cm³/mol. The molecule has 0 saturated heterocycles. The lowest BCUT2D eigenvalue weighted by molar-refractivity contribution is 0.857. The second-order valence-electron chi connectivity index (χ2n) is 3.24. The molecule has 3 nitrogen and oxygen atoms in total. The van der Waals surface area contributed by atoms with Gasteiger partial charge in [-0.25, -0.2) is 4.98 Å². The molecule has 0 aliphatic carbocycles.